The van der Waals surface area contributed by atoms with Gasteiger partial charge < -0.3 is 10.8 Å². The normalized spacial score (nSPS) is 26.6. The third kappa shape index (κ3) is 3.44. The fraction of sp³-hybridized carbons (Fsp3) is 0.500. The Labute approximate surface area is 129 Å². The number of aliphatic imine (C=N–C) groups is 1. The van der Waals surface area contributed by atoms with Crippen LogP contribution in [0, 0.1) is 11.8 Å². The number of aliphatic hydroxyl groups excluding tert-OH is 1. The van der Waals surface area contributed by atoms with Gasteiger partial charge in [0.05, 0.1) is 11.7 Å². The molecule has 112 valence electrons. The van der Waals surface area contributed by atoms with Crippen LogP contribution in [0.25, 0.3) is 5.57 Å². The quantitative estimate of drug-likeness (QED) is 0.649. The van der Waals surface area contributed by atoms with Gasteiger partial charge in [0.25, 0.3) is 0 Å². The lowest BCUT2D eigenvalue weighted by molar-refractivity contribution is 0.145. The van der Waals surface area contributed by atoms with Crippen molar-refractivity contribution in [3.8, 4) is 0 Å². The lowest BCUT2D eigenvalue weighted by atomic mass is 9.81. The molecule has 2 fully saturated rings. The van der Waals surface area contributed by atoms with Crippen molar-refractivity contribution in [3.05, 3.63) is 34.7 Å². The van der Waals surface area contributed by atoms with Crippen LogP contribution in [0.15, 0.2) is 28.9 Å². The molecule has 0 radical (unpaired) electrons. The number of nitrogens with zero attached hydrogens (tertiary/aromatic N) is 2. The smallest absolute Gasteiger partial charge is 0.129 e. The molecule has 0 bridgehead atoms. The van der Waals surface area contributed by atoms with Gasteiger partial charge in [-0.05, 0) is 49.7 Å². The highest BCUT2D eigenvalue weighted by molar-refractivity contribution is 6.29. The Hall–Kier alpha value is -1.39. The van der Waals surface area contributed by atoms with Gasteiger partial charge in [0.2, 0.25) is 0 Å². The fourth-order valence-corrected chi connectivity index (χ4v) is 2.78. The van der Waals surface area contributed by atoms with Gasteiger partial charge in [-0.2, -0.15) is 0 Å². The number of hydrogen-bond donors (Lipinski definition) is 2. The second-order valence-corrected chi connectivity index (χ2v) is 6.33. The first kappa shape index (κ1) is 14.5. The van der Waals surface area contributed by atoms with Gasteiger partial charge in [-0.25, -0.2) is 4.98 Å². The van der Waals surface area contributed by atoms with Crippen LogP contribution in [0.1, 0.15) is 31.4 Å². The lowest BCUT2D eigenvalue weighted by Gasteiger charge is -2.30. The van der Waals surface area contributed by atoms with Crippen LogP contribution < -0.4 is 5.73 Å². The molecule has 1 aromatic heterocycles. The molecule has 0 aromatic carbocycles. The van der Waals surface area contributed by atoms with Gasteiger partial charge in [0.1, 0.15) is 5.15 Å². The minimum absolute atomic E-state index is 0.259. The van der Waals surface area contributed by atoms with Crippen molar-refractivity contribution in [3.63, 3.8) is 0 Å². The first-order valence-electron chi connectivity index (χ1n) is 7.44. The Balaban J connectivity index is 1.81. The highest BCUT2D eigenvalue weighted by Crippen LogP contribution is 2.37. The SMILES string of the molecule is NC(=C(C=NC1CC(CO)C1)c1cccc(Cl)n1)C1CC1. The zero-order valence-electron chi connectivity index (χ0n) is 11.9. The Bertz CT molecular complexity index is 575. The van der Waals surface area contributed by atoms with Crippen molar-refractivity contribution >= 4 is 23.4 Å². The summed E-state index contributed by atoms with van der Waals surface area (Å²) >= 11 is 5.98. The Morgan fingerprint density at radius 1 is 1.43 bits per heavy atom. The molecule has 1 heterocycles. The monoisotopic (exact) mass is 305 g/mol. The summed E-state index contributed by atoms with van der Waals surface area (Å²) in [5.74, 6) is 0.864. The number of halogens is 1. The first-order valence-corrected chi connectivity index (χ1v) is 7.81. The van der Waals surface area contributed by atoms with E-state index in [2.05, 4.69) is 9.98 Å². The second kappa shape index (κ2) is 6.16. The molecule has 0 saturated heterocycles. The predicted octanol–water partition coefficient (Wildman–Crippen LogP) is 2.66. The largest absolute Gasteiger partial charge is 0.401 e. The van der Waals surface area contributed by atoms with E-state index < -0.39 is 0 Å². The summed E-state index contributed by atoms with van der Waals surface area (Å²) in [4.78, 5) is 8.96. The van der Waals surface area contributed by atoms with Crippen LogP contribution in [0.4, 0.5) is 0 Å². The summed E-state index contributed by atoms with van der Waals surface area (Å²) in [6.45, 7) is 0.259. The van der Waals surface area contributed by atoms with Crippen molar-refractivity contribution in [2.24, 2.45) is 22.6 Å². The molecule has 0 amide bonds. The molecular formula is C16H20ClN3O. The molecule has 0 atom stereocenters. The molecule has 0 unspecified atom stereocenters. The molecule has 2 aliphatic carbocycles. The predicted molar refractivity (Wildman–Crippen MR) is 85.2 cm³/mol. The summed E-state index contributed by atoms with van der Waals surface area (Å²) in [7, 11) is 0. The van der Waals surface area contributed by atoms with E-state index in [0.29, 0.717) is 23.0 Å². The van der Waals surface area contributed by atoms with Crippen molar-refractivity contribution in [1.82, 2.24) is 4.98 Å². The van der Waals surface area contributed by atoms with Crippen LogP contribution in [0.5, 0.6) is 0 Å². The topological polar surface area (TPSA) is 71.5 Å². The Morgan fingerprint density at radius 3 is 2.81 bits per heavy atom. The van der Waals surface area contributed by atoms with Gasteiger partial charge in [0.15, 0.2) is 0 Å². The fourth-order valence-electron chi connectivity index (χ4n) is 2.61. The van der Waals surface area contributed by atoms with Crippen LogP contribution in [-0.4, -0.2) is 29.0 Å². The standard InChI is InChI=1S/C16H20ClN3O/c17-15-3-1-2-14(20-15)13(16(18)11-4-5-11)8-19-12-6-10(7-12)9-21/h1-3,8,10-12,21H,4-7,9,18H2. The summed E-state index contributed by atoms with van der Waals surface area (Å²) in [5, 5.41) is 9.52. The number of allylic oxidation sites excluding steroid dienone is 2. The Kier molecular flexibility index (Phi) is 4.27. The van der Waals surface area contributed by atoms with E-state index in [1.165, 1.54) is 0 Å². The minimum Gasteiger partial charge on any atom is -0.401 e. The van der Waals surface area contributed by atoms with Gasteiger partial charge in [0, 0.05) is 24.1 Å². The summed E-state index contributed by atoms with van der Waals surface area (Å²) in [5.41, 5.74) is 8.82. The number of rotatable bonds is 5. The van der Waals surface area contributed by atoms with Crippen molar-refractivity contribution < 1.29 is 5.11 Å². The van der Waals surface area contributed by atoms with E-state index in [1.807, 2.05) is 18.3 Å². The molecule has 5 heteroatoms. The van der Waals surface area contributed by atoms with Crippen LogP contribution in [0.2, 0.25) is 5.15 Å². The molecule has 3 N–H and O–H groups in total. The van der Waals surface area contributed by atoms with Gasteiger partial charge >= 0.3 is 0 Å². The highest BCUT2D eigenvalue weighted by atomic mass is 35.5. The minimum atomic E-state index is 0.259. The number of aromatic nitrogens is 1. The zero-order chi connectivity index (χ0) is 14.8. The molecule has 0 aliphatic heterocycles. The lowest BCUT2D eigenvalue weighted by Crippen LogP contribution is -2.29. The maximum absolute atomic E-state index is 9.05. The third-order valence-electron chi connectivity index (χ3n) is 4.20. The van der Waals surface area contributed by atoms with E-state index in [1.54, 1.807) is 6.07 Å². The van der Waals surface area contributed by atoms with E-state index in [-0.39, 0.29) is 6.61 Å². The van der Waals surface area contributed by atoms with Crippen LogP contribution in [0.3, 0.4) is 0 Å². The number of hydrogen-bond acceptors (Lipinski definition) is 4. The highest BCUT2D eigenvalue weighted by Gasteiger charge is 2.29. The molecule has 4 nitrogen and oxygen atoms in total. The molecule has 0 spiro atoms. The van der Waals surface area contributed by atoms with E-state index in [9.17, 15) is 0 Å². The Morgan fingerprint density at radius 2 is 2.19 bits per heavy atom. The summed E-state index contributed by atoms with van der Waals surface area (Å²) < 4.78 is 0. The van der Waals surface area contributed by atoms with E-state index >= 15 is 0 Å². The molecule has 21 heavy (non-hydrogen) atoms. The van der Waals surface area contributed by atoms with Gasteiger partial charge in [-0.1, -0.05) is 17.7 Å². The van der Waals surface area contributed by atoms with Crippen molar-refractivity contribution in [2.45, 2.75) is 31.7 Å². The molecule has 2 saturated carbocycles. The number of nitrogens with two attached hydrogens (primary N) is 1. The zero-order valence-corrected chi connectivity index (χ0v) is 12.6. The average Bonchev–Trinajstić information content (AvgIpc) is 3.25. The van der Waals surface area contributed by atoms with E-state index in [4.69, 9.17) is 22.4 Å². The molecule has 3 rings (SSSR count). The second-order valence-electron chi connectivity index (χ2n) is 5.94. The molecule has 1 aromatic rings. The van der Waals surface area contributed by atoms with E-state index in [0.717, 1.165) is 42.6 Å². The van der Waals surface area contributed by atoms with Crippen molar-refractivity contribution in [1.29, 1.82) is 0 Å². The molecule has 2 aliphatic rings. The van der Waals surface area contributed by atoms with Crippen LogP contribution in [-0.2, 0) is 0 Å². The van der Waals surface area contributed by atoms with Gasteiger partial charge in [-0.15, -0.1) is 0 Å². The maximum atomic E-state index is 9.05. The number of pyridine rings is 1. The first-order chi connectivity index (χ1) is 10.2. The molecular weight excluding hydrogens is 286 g/mol. The van der Waals surface area contributed by atoms with Gasteiger partial charge in [-0.3, -0.25) is 4.99 Å². The average molecular weight is 306 g/mol. The third-order valence-corrected chi connectivity index (χ3v) is 4.41. The van der Waals surface area contributed by atoms with Crippen LogP contribution >= 0.6 is 11.6 Å². The van der Waals surface area contributed by atoms with Crippen molar-refractivity contribution in [2.75, 3.05) is 6.61 Å². The summed E-state index contributed by atoms with van der Waals surface area (Å²) in [6, 6.07) is 5.84. The number of aliphatic hydroxyl groups is 1. The maximum Gasteiger partial charge on any atom is 0.129 e. The summed E-state index contributed by atoms with van der Waals surface area (Å²) in [6.07, 6.45) is 6.03.